The number of rotatable bonds is 8. The minimum absolute atomic E-state index is 0.606. The highest BCUT2D eigenvalue weighted by atomic mass is 16.5. The molecule has 5 nitrogen and oxygen atoms in total. The highest BCUT2D eigenvalue weighted by Gasteiger charge is 2.03. The molecule has 21 heavy (non-hydrogen) atoms. The Morgan fingerprint density at radius 3 is 3.00 bits per heavy atom. The standard InChI is InChI=1S/C16H24N4O/c1-4-7-20-12-15(11-19-20)21-16-8-14(5-6-18-16)10-17-9-13(2)3/h5-6,8,11-13,17H,4,7,9-10H2,1-3H3. The summed E-state index contributed by atoms with van der Waals surface area (Å²) in [6.07, 6.45) is 6.45. The van der Waals surface area contributed by atoms with Crippen molar-refractivity contribution >= 4 is 0 Å². The van der Waals surface area contributed by atoms with E-state index < -0.39 is 0 Å². The lowest BCUT2D eigenvalue weighted by molar-refractivity contribution is 0.459. The van der Waals surface area contributed by atoms with Crippen LogP contribution in [-0.4, -0.2) is 21.3 Å². The normalized spacial score (nSPS) is 11.0. The highest BCUT2D eigenvalue weighted by Crippen LogP contribution is 2.19. The Morgan fingerprint density at radius 1 is 1.38 bits per heavy atom. The molecular formula is C16H24N4O. The maximum Gasteiger partial charge on any atom is 0.219 e. The van der Waals surface area contributed by atoms with Crippen molar-refractivity contribution in [1.29, 1.82) is 0 Å². The minimum atomic E-state index is 0.606. The molecule has 0 spiro atoms. The predicted molar refractivity (Wildman–Crippen MR) is 83.4 cm³/mol. The maximum atomic E-state index is 5.75. The summed E-state index contributed by atoms with van der Waals surface area (Å²) < 4.78 is 7.63. The van der Waals surface area contributed by atoms with E-state index >= 15 is 0 Å². The first kappa shape index (κ1) is 15.5. The SMILES string of the molecule is CCCn1cc(Oc2cc(CNCC(C)C)ccn2)cn1. The molecular weight excluding hydrogens is 264 g/mol. The van der Waals surface area contributed by atoms with Crippen molar-refractivity contribution in [3.8, 4) is 11.6 Å². The van der Waals surface area contributed by atoms with Crippen molar-refractivity contribution in [3.05, 3.63) is 36.3 Å². The van der Waals surface area contributed by atoms with Gasteiger partial charge in [-0.25, -0.2) is 4.98 Å². The van der Waals surface area contributed by atoms with E-state index in [1.54, 1.807) is 12.4 Å². The van der Waals surface area contributed by atoms with Crippen LogP contribution in [0.1, 0.15) is 32.8 Å². The molecule has 0 aliphatic rings. The Kier molecular flexibility index (Phi) is 5.75. The van der Waals surface area contributed by atoms with E-state index in [9.17, 15) is 0 Å². The van der Waals surface area contributed by atoms with Gasteiger partial charge in [-0.1, -0.05) is 20.8 Å². The average Bonchev–Trinajstić information content (AvgIpc) is 2.86. The molecule has 0 bridgehead atoms. The lowest BCUT2D eigenvalue weighted by Gasteiger charge is -2.08. The number of aryl methyl sites for hydroxylation is 1. The fraction of sp³-hybridized carbons (Fsp3) is 0.500. The maximum absolute atomic E-state index is 5.75. The van der Waals surface area contributed by atoms with Gasteiger partial charge in [0.15, 0.2) is 5.75 Å². The van der Waals surface area contributed by atoms with Crippen molar-refractivity contribution in [1.82, 2.24) is 20.1 Å². The summed E-state index contributed by atoms with van der Waals surface area (Å²) in [5.74, 6) is 1.98. The lowest BCUT2D eigenvalue weighted by Crippen LogP contribution is -2.18. The van der Waals surface area contributed by atoms with Crippen molar-refractivity contribution in [2.45, 2.75) is 40.3 Å². The number of nitrogens with one attached hydrogen (secondary N) is 1. The zero-order valence-electron chi connectivity index (χ0n) is 13.0. The topological polar surface area (TPSA) is 52.0 Å². The van der Waals surface area contributed by atoms with Crippen LogP contribution in [0.25, 0.3) is 0 Å². The van der Waals surface area contributed by atoms with Gasteiger partial charge in [0.25, 0.3) is 0 Å². The van der Waals surface area contributed by atoms with Crippen LogP contribution in [0.3, 0.4) is 0 Å². The second-order valence-corrected chi connectivity index (χ2v) is 5.57. The molecule has 0 fully saturated rings. The Labute approximate surface area is 126 Å². The molecule has 0 saturated carbocycles. The van der Waals surface area contributed by atoms with E-state index in [1.807, 2.05) is 23.0 Å². The molecule has 2 rings (SSSR count). The largest absolute Gasteiger partial charge is 0.436 e. The van der Waals surface area contributed by atoms with E-state index in [1.165, 1.54) is 5.56 Å². The molecule has 0 aliphatic heterocycles. The Morgan fingerprint density at radius 2 is 2.24 bits per heavy atom. The van der Waals surface area contributed by atoms with Gasteiger partial charge in [0.05, 0.1) is 12.4 Å². The molecule has 1 N–H and O–H groups in total. The summed E-state index contributed by atoms with van der Waals surface area (Å²) in [5, 5.41) is 7.66. The second-order valence-electron chi connectivity index (χ2n) is 5.57. The number of aromatic nitrogens is 3. The highest BCUT2D eigenvalue weighted by molar-refractivity contribution is 5.25. The molecule has 2 aromatic rings. The zero-order chi connectivity index (χ0) is 15.1. The third kappa shape index (κ3) is 5.19. The van der Waals surface area contributed by atoms with Crippen molar-refractivity contribution < 1.29 is 4.74 Å². The molecule has 0 aliphatic carbocycles. The van der Waals surface area contributed by atoms with Crippen LogP contribution in [0.2, 0.25) is 0 Å². The molecule has 0 atom stereocenters. The lowest BCUT2D eigenvalue weighted by atomic mass is 10.2. The van der Waals surface area contributed by atoms with Crippen LogP contribution >= 0.6 is 0 Å². The minimum Gasteiger partial charge on any atom is -0.436 e. The quantitative estimate of drug-likeness (QED) is 0.810. The molecule has 0 aromatic carbocycles. The average molecular weight is 288 g/mol. The van der Waals surface area contributed by atoms with E-state index in [0.717, 1.165) is 31.8 Å². The zero-order valence-corrected chi connectivity index (χ0v) is 13.0. The summed E-state index contributed by atoms with van der Waals surface area (Å²) in [7, 11) is 0. The van der Waals surface area contributed by atoms with Crippen LogP contribution < -0.4 is 10.1 Å². The smallest absolute Gasteiger partial charge is 0.219 e. The first-order chi connectivity index (χ1) is 10.2. The number of ether oxygens (including phenoxy) is 1. The second kappa shape index (κ2) is 7.78. The molecule has 0 saturated heterocycles. The third-order valence-electron chi connectivity index (χ3n) is 2.97. The number of hydrogen-bond acceptors (Lipinski definition) is 4. The molecule has 0 unspecified atom stereocenters. The third-order valence-corrected chi connectivity index (χ3v) is 2.97. The van der Waals surface area contributed by atoms with Gasteiger partial charge in [-0.15, -0.1) is 0 Å². The first-order valence-corrected chi connectivity index (χ1v) is 7.53. The first-order valence-electron chi connectivity index (χ1n) is 7.53. The molecule has 0 radical (unpaired) electrons. The summed E-state index contributed by atoms with van der Waals surface area (Å²) in [6, 6.07) is 3.96. The van der Waals surface area contributed by atoms with Gasteiger partial charge in [-0.3, -0.25) is 4.68 Å². The fourth-order valence-corrected chi connectivity index (χ4v) is 1.99. The van der Waals surface area contributed by atoms with E-state index in [4.69, 9.17) is 4.74 Å². The summed E-state index contributed by atoms with van der Waals surface area (Å²) >= 11 is 0. The van der Waals surface area contributed by atoms with Gasteiger partial charge in [0, 0.05) is 25.4 Å². The Hall–Kier alpha value is -1.88. The summed E-state index contributed by atoms with van der Waals surface area (Å²) in [6.45, 7) is 9.24. The van der Waals surface area contributed by atoms with E-state index in [2.05, 4.69) is 36.2 Å². The summed E-state index contributed by atoms with van der Waals surface area (Å²) in [4.78, 5) is 4.25. The van der Waals surface area contributed by atoms with Crippen molar-refractivity contribution in [3.63, 3.8) is 0 Å². The van der Waals surface area contributed by atoms with Gasteiger partial charge < -0.3 is 10.1 Å². The van der Waals surface area contributed by atoms with Crippen LogP contribution in [0.4, 0.5) is 0 Å². The fourth-order valence-electron chi connectivity index (χ4n) is 1.99. The molecule has 2 heterocycles. The predicted octanol–water partition coefficient (Wildman–Crippen LogP) is 3.23. The molecule has 0 amide bonds. The van der Waals surface area contributed by atoms with Crippen LogP contribution in [0, 0.1) is 5.92 Å². The van der Waals surface area contributed by atoms with Crippen LogP contribution in [0.15, 0.2) is 30.7 Å². The van der Waals surface area contributed by atoms with Crippen molar-refractivity contribution in [2.75, 3.05) is 6.54 Å². The number of pyridine rings is 1. The van der Waals surface area contributed by atoms with Crippen LogP contribution in [0.5, 0.6) is 11.6 Å². The van der Waals surface area contributed by atoms with E-state index in [-0.39, 0.29) is 0 Å². The molecule has 114 valence electrons. The van der Waals surface area contributed by atoms with Gasteiger partial charge in [0.1, 0.15) is 0 Å². The number of nitrogens with zero attached hydrogens (tertiary/aromatic N) is 3. The van der Waals surface area contributed by atoms with E-state index in [0.29, 0.717) is 11.8 Å². The number of hydrogen-bond donors (Lipinski definition) is 1. The van der Waals surface area contributed by atoms with Gasteiger partial charge in [0.2, 0.25) is 5.88 Å². The van der Waals surface area contributed by atoms with Gasteiger partial charge in [-0.2, -0.15) is 5.10 Å². The molecule has 2 aromatic heterocycles. The van der Waals surface area contributed by atoms with Crippen LogP contribution in [-0.2, 0) is 13.1 Å². The Bertz CT molecular complexity index is 551. The van der Waals surface area contributed by atoms with Crippen molar-refractivity contribution in [2.24, 2.45) is 5.92 Å². The van der Waals surface area contributed by atoms with Gasteiger partial charge >= 0.3 is 0 Å². The molecule has 5 heteroatoms. The monoisotopic (exact) mass is 288 g/mol. The Balaban J connectivity index is 1.93. The summed E-state index contributed by atoms with van der Waals surface area (Å²) in [5.41, 5.74) is 1.17. The van der Waals surface area contributed by atoms with Gasteiger partial charge in [-0.05, 0) is 30.5 Å².